The maximum atomic E-state index is 13.3. The molecule has 2 N–H and O–H groups in total. The van der Waals surface area contributed by atoms with Gasteiger partial charge < -0.3 is 10.6 Å². The van der Waals surface area contributed by atoms with Crippen molar-refractivity contribution in [3.63, 3.8) is 0 Å². The van der Waals surface area contributed by atoms with E-state index in [1.807, 2.05) is 13.0 Å². The van der Waals surface area contributed by atoms with E-state index in [0.717, 1.165) is 24.3 Å². The number of nitrogens with zero attached hydrogens (tertiary/aromatic N) is 1. The molecule has 0 saturated carbocycles. The van der Waals surface area contributed by atoms with Gasteiger partial charge in [-0.2, -0.15) is 0 Å². The van der Waals surface area contributed by atoms with Crippen molar-refractivity contribution in [3.8, 4) is 0 Å². The van der Waals surface area contributed by atoms with Crippen LogP contribution in [0.2, 0.25) is 0 Å². The molecular weight excluding hydrogens is 179 g/mol. The summed E-state index contributed by atoms with van der Waals surface area (Å²) in [5.74, 6) is -0.299. The van der Waals surface area contributed by atoms with Gasteiger partial charge in [-0.15, -0.1) is 0 Å². The van der Waals surface area contributed by atoms with Crippen molar-refractivity contribution >= 4 is 11.4 Å². The zero-order valence-corrected chi connectivity index (χ0v) is 8.39. The highest BCUT2D eigenvalue weighted by molar-refractivity contribution is 5.69. The lowest BCUT2D eigenvalue weighted by Crippen LogP contribution is -2.19. The molecule has 0 radical (unpaired) electrons. The normalized spacial score (nSPS) is 16.3. The average molecular weight is 194 g/mol. The summed E-state index contributed by atoms with van der Waals surface area (Å²) in [4.78, 5) is 2.16. The Morgan fingerprint density at radius 2 is 1.93 bits per heavy atom. The molecule has 1 heterocycles. The summed E-state index contributed by atoms with van der Waals surface area (Å²) >= 11 is 0. The first-order valence-corrected chi connectivity index (χ1v) is 4.99. The van der Waals surface area contributed by atoms with Gasteiger partial charge in [-0.1, -0.05) is 0 Å². The van der Waals surface area contributed by atoms with Crippen molar-refractivity contribution in [2.75, 3.05) is 23.7 Å². The second-order valence-electron chi connectivity index (χ2n) is 3.87. The SMILES string of the molecule is Cc1cc(F)c(N)c(N2CCCC2)c1. The minimum atomic E-state index is -0.299. The molecule has 1 fully saturated rings. The molecule has 14 heavy (non-hydrogen) atoms. The molecule has 0 amide bonds. The smallest absolute Gasteiger partial charge is 0.148 e. The van der Waals surface area contributed by atoms with E-state index in [-0.39, 0.29) is 11.5 Å². The minimum Gasteiger partial charge on any atom is -0.395 e. The number of nitrogen functional groups attached to an aromatic ring is 1. The second kappa shape index (κ2) is 3.48. The fourth-order valence-corrected chi connectivity index (χ4v) is 1.95. The number of nitrogens with two attached hydrogens (primary N) is 1. The number of anilines is 2. The molecule has 0 unspecified atom stereocenters. The highest BCUT2D eigenvalue weighted by Crippen LogP contribution is 2.29. The summed E-state index contributed by atoms with van der Waals surface area (Å²) in [5, 5.41) is 0. The van der Waals surface area contributed by atoms with E-state index in [2.05, 4.69) is 4.90 Å². The van der Waals surface area contributed by atoms with Crippen molar-refractivity contribution in [1.29, 1.82) is 0 Å². The molecule has 2 rings (SSSR count). The van der Waals surface area contributed by atoms with E-state index in [9.17, 15) is 4.39 Å². The second-order valence-corrected chi connectivity index (χ2v) is 3.87. The van der Waals surface area contributed by atoms with Gasteiger partial charge in [-0.05, 0) is 37.5 Å². The first-order chi connectivity index (χ1) is 6.68. The molecule has 1 aromatic rings. The molecule has 0 aromatic heterocycles. The maximum Gasteiger partial charge on any atom is 0.148 e. The van der Waals surface area contributed by atoms with Crippen molar-refractivity contribution in [3.05, 3.63) is 23.5 Å². The predicted octanol–water partition coefficient (Wildman–Crippen LogP) is 2.32. The van der Waals surface area contributed by atoms with Crippen LogP contribution in [-0.4, -0.2) is 13.1 Å². The molecule has 2 nitrogen and oxygen atoms in total. The van der Waals surface area contributed by atoms with E-state index >= 15 is 0 Å². The molecule has 1 aliphatic rings. The molecule has 1 aliphatic heterocycles. The zero-order chi connectivity index (χ0) is 10.1. The van der Waals surface area contributed by atoms with Gasteiger partial charge in [0.2, 0.25) is 0 Å². The monoisotopic (exact) mass is 194 g/mol. The first-order valence-electron chi connectivity index (χ1n) is 4.99. The summed E-state index contributed by atoms with van der Waals surface area (Å²) in [5.41, 5.74) is 7.79. The Labute approximate surface area is 83.5 Å². The lowest BCUT2D eigenvalue weighted by atomic mass is 10.1. The van der Waals surface area contributed by atoms with E-state index < -0.39 is 0 Å². The van der Waals surface area contributed by atoms with Crippen LogP contribution < -0.4 is 10.6 Å². The summed E-state index contributed by atoms with van der Waals surface area (Å²) in [6, 6.07) is 3.44. The highest BCUT2D eigenvalue weighted by Gasteiger charge is 2.16. The summed E-state index contributed by atoms with van der Waals surface area (Å²) in [6.07, 6.45) is 2.35. The lowest BCUT2D eigenvalue weighted by molar-refractivity contribution is 0.631. The van der Waals surface area contributed by atoms with Crippen LogP contribution in [0.25, 0.3) is 0 Å². The van der Waals surface area contributed by atoms with E-state index in [1.54, 1.807) is 0 Å². The Bertz CT molecular complexity index is 343. The van der Waals surface area contributed by atoms with E-state index in [1.165, 1.54) is 18.9 Å². The molecule has 0 aliphatic carbocycles. The number of aryl methyl sites for hydroxylation is 1. The van der Waals surface area contributed by atoms with Gasteiger partial charge in [0.05, 0.1) is 11.4 Å². The summed E-state index contributed by atoms with van der Waals surface area (Å²) in [7, 11) is 0. The van der Waals surface area contributed by atoms with Crippen LogP contribution in [0.5, 0.6) is 0 Å². The van der Waals surface area contributed by atoms with Crippen LogP contribution >= 0.6 is 0 Å². The maximum absolute atomic E-state index is 13.3. The number of benzene rings is 1. The van der Waals surface area contributed by atoms with Crippen LogP contribution in [0.4, 0.5) is 15.8 Å². The van der Waals surface area contributed by atoms with Gasteiger partial charge in [0.15, 0.2) is 0 Å². The topological polar surface area (TPSA) is 29.3 Å². The standard InChI is InChI=1S/C11H15FN2/c1-8-6-9(12)11(13)10(7-8)14-4-2-3-5-14/h6-7H,2-5,13H2,1H3. The quantitative estimate of drug-likeness (QED) is 0.695. The molecule has 0 bridgehead atoms. The largest absolute Gasteiger partial charge is 0.395 e. The Morgan fingerprint density at radius 3 is 2.57 bits per heavy atom. The number of rotatable bonds is 1. The van der Waals surface area contributed by atoms with Gasteiger partial charge in [0, 0.05) is 13.1 Å². The fourth-order valence-electron chi connectivity index (χ4n) is 1.95. The predicted molar refractivity (Wildman–Crippen MR) is 57.0 cm³/mol. The molecule has 0 spiro atoms. The van der Waals surface area contributed by atoms with Crippen LogP contribution in [0.1, 0.15) is 18.4 Å². The van der Waals surface area contributed by atoms with Crippen molar-refractivity contribution in [2.45, 2.75) is 19.8 Å². The summed E-state index contributed by atoms with van der Waals surface area (Å²) < 4.78 is 13.3. The van der Waals surface area contributed by atoms with E-state index in [0.29, 0.717) is 0 Å². The fraction of sp³-hybridized carbons (Fsp3) is 0.455. The summed E-state index contributed by atoms with van der Waals surface area (Å²) in [6.45, 7) is 3.88. The highest BCUT2D eigenvalue weighted by atomic mass is 19.1. The molecule has 76 valence electrons. The minimum absolute atomic E-state index is 0.289. The molecule has 0 atom stereocenters. The van der Waals surface area contributed by atoms with Gasteiger partial charge >= 0.3 is 0 Å². The molecule has 3 heteroatoms. The Hall–Kier alpha value is -1.25. The molecular formula is C11H15FN2. The van der Waals surface area contributed by atoms with E-state index in [4.69, 9.17) is 5.73 Å². The zero-order valence-electron chi connectivity index (χ0n) is 8.39. The van der Waals surface area contributed by atoms with Crippen molar-refractivity contribution < 1.29 is 4.39 Å². The van der Waals surface area contributed by atoms with Gasteiger partial charge in [0.1, 0.15) is 5.82 Å². The average Bonchev–Trinajstić information content (AvgIpc) is 2.63. The first kappa shape index (κ1) is 9.31. The van der Waals surface area contributed by atoms with Gasteiger partial charge in [0.25, 0.3) is 0 Å². The van der Waals surface area contributed by atoms with Crippen molar-refractivity contribution in [1.82, 2.24) is 0 Å². The number of halogens is 1. The Morgan fingerprint density at radius 1 is 1.29 bits per heavy atom. The number of hydrogen-bond acceptors (Lipinski definition) is 2. The van der Waals surface area contributed by atoms with Crippen LogP contribution in [0.3, 0.4) is 0 Å². The van der Waals surface area contributed by atoms with Crippen LogP contribution in [-0.2, 0) is 0 Å². The third kappa shape index (κ3) is 1.54. The lowest BCUT2D eigenvalue weighted by Gasteiger charge is -2.20. The Balaban J connectivity index is 2.40. The Kier molecular flexibility index (Phi) is 2.32. The molecule has 1 saturated heterocycles. The van der Waals surface area contributed by atoms with Gasteiger partial charge in [-0.3, -0.25) is 0 Å². The third-order valence-electron chi connectivity index (χ3n) is 2.70. The van der Waals surface area contributed by atoms with Crippen LogP contribution in [0, 0.1) is 12.7 Å². The molecule has 1 aromatic carbocycles. The number of hydrogen-bond donors (Lipinski definition) is 1. The van der Waals surface area contributed by atoms with Crippen LogP contribution in [0.15, 0.2) is 12.1 Å². The third-order valence-corrected chi connectivity index (χ3v) is 2.70. The van der Waals surface area contributed by atoms with Gasteiger partial charge in [-0.25, -0.2) is 4.39 Å². The van der Waals surface area contributed by atoms with Crippen molar-refractivity contribution in [2.24, 2.45) is 0 Å².